The van der Waals surface area contributed by atoms with Crippen molar-refractivity contribution in [1.82, 2.24) is 28.1 Å². The molecule has 252 valence electrons. The van der Waals surface area contributed by atoms with Gasteiger partial charge in [0.15, 0.2) is 0 Å². The number of aliphatic hydroxyl groups excluding tert-OH is 1. The molecule has 4 aromatic rings. The van der Waals surface area contributed by atoms with Crippen LogP contribution in [0.4, 0.5) is 13.2 Å². The van der Waals surface area contributed by atoms with Gasteiger partial charge in [0, 0.05) is 67.0 Å². The monoisotopic (exact) mass is 693 g/mol. The number of sulfonamides is 1. The maximum Gasteiger partial charge on any atom is 0.335 e. The number of imidazole rings is 1. The smallest absolute Gasteiger partial charge is 0.335 e. The number of hydrogen-bond acceptors (Lipinski definition) is 6. The number of hydrogen-bond donors (Lipinski definition) is 1. The molecule has 2 aliphatic rings. The predicted octanol–water partition coefficient (Wildman–Crippen LogP) is 4.23. The number of aliphatic hydroxyl groups is 1. The van der Waals surface area contributed by atoms with Crippen molar-refractivity contribution in [3.8, 4) is 11.3 Å². The standard InChI is InChI=1S/C30H33ClFN7O4S.CH2F2/c1-33-19-37-27-8-5-21(31)15-28(27)39(30(37)41)23-9-12-35(13-10-23)16-24(40)17-38-26-11-14-36(44(2,42)43)18-25(26)29(34-38)20-3-6-22(32)7-4-20;2-1-3/h3-8,15,23-24,40H,9-14,16-19H2,2H3;1H2. The zero-order valence-electron chi connectivity index (χ0n) is 25.7. The Balaban J connectivity index is 0.00000139. The van der Waals surface area contributed by atoms with E-state index in [0.29, 0.717) is 67.2 Å². The number of β-amino-alcohol motifs (C(OH)–C–C–N with tert-alkyl or cyclic N) is 1. The molecule has 1 atom stereocenters. The number of aromatic nitrogens is 4. The highest BCUT2D eigenvalue weighted by molar-refractivity contribution is 7.88. The molecular formula is C31H35ClF3N7O4S. The van der Waals surface area contributed by atoms with Gasteiger partial charge in [0.25, 0.3) is 6.67 Å². The summed E-state index contributed by atoms with van der Waals surface area (Å²) in [6.45, 7) is 7.93. The summed E-state index contributed by atoms with van der Waals surface area (Å²) in [7, 11) is -3.41. The van der Waals surface area contributed by atoms with Gasteiger partial charge in [-0.25, -0.2) is 37.5 Å². The largest absolute Gasteiger partial charge is 0.390 e. The lowest BCUT2D eigenvalue weighted by Crippen LogP contribution is -2.42. The van der Waals surface area contributed by atoms with E-state index in [1.165, 1.54) is 27.3 Å². The molecule has 1 saturated heterocycles. The molecule has 16 heteroatoms. The second kappa shape index (κ2) is 14.6. The summed E-state index contributed by atoms with van der Waals surface area (Å²) in [6, 6.07) is 11.2. The van der Waals surface area contributed by atoms with Crippen LogP contribution in [0.25, 0.3) is 27.1 Å². The molecule has 0 saturated carbocycles. The highest BCUT2D eigenvalue weighted by Crippen LogP contribution is 2.32. The van der Waals surface area contributed by atoms with Crippen molar-refractivity contribution >= 4 is 32.7 Å². The first-order chi connectivity index (χ1) is 22.4. The molecule has 2 aromatic carbocycles. The average Bonchev–Trinajstić information content (AvgIpc) is 3.51. The maximum absolute atomic E-state index is 13.6. The first kappa shape index (κ1) is 34.6. The summed E-state index contributed by atoms with van der Waals surface area (Å²) in [6.07, 6.45) is 2.29. The summed E-state index contributed by atoms with van der Waals surface area (Å²) in [5.74, 6) is -0.373. The van der Waals surface area contributed by atoms with Crippen molar-refractivity contribution in [2.45, 2.75) is 51.2 Å². The lowest BCUT2D eigenvalue weighted by Gasteiger charge is -2.33. The molecule has 0 spiro atoms. The van der Waals surface area contributed by atoms with Crippen molar-refractivity contribution in [3.63, 3.8) is 0 Å². The zero-order chi connectivity index (χ0) is 33.9. The summed E-state index contributed by atoms with van der Waals surface area (Å²) in [5, 5.41) is 16.5. The van der Waals surface area contributed by atoms with Gasteiger partial charge in [0.2, 0.25) is 17.0 Å². The normalized spacial score (nSPS) is 16.8. The summed E-state index contributed by atoms with van der Waals surface area (Å²) in [5.41, 5.74) is 4.11. The lowest BCUT2D eigenvalue weighted by atomic mass is 10.0. The van der Waals surface area contributed by atoms with Crippen molar-refractivity contribution in [1.29, 1.82) is 0 Å². The van der Waals surface area contributed by atoms with Gasteiger partial charge in [-0.2, -0.15) is 9.40 Å². The van der Waals surface area contributed by atoms with Gasteiger partial charge in [-0.1, -0.05) is 11.6 Å². The topological polar surface area (TPSA) is 110 Å². The molecule has 1 N–H and O–H groups in total. The van der Waals surface area contributed by atoms with Crippen LogP contribution in [0.15, 0.2) is 47.3 Å². The third-order valence-electron chi connectivity index (χ3n) is 8.60. The maximum atomic E-state index is 13.6. The van der Waals surface area contributed by atoms with E-state index in [1.54, 1.807) is 39.6 Å². The first-order valence-electron chi connectivity index (χ1n) is 15.0. The van der Waals surface area contributed by atoms with Crippen LogP contribution >= 0.6 is 11.6 Å². The number of rotatable bonds is 8. The average molecular weight is 694 g/mol. The van der Waals surface area contributed by atoms with E-state index in [9.17, 15) is 31.5 Å². The Kier molecular flexibility index (Phi) is 10.8. The number of alkyl halides is 2. The summed E-state index contributed by atoms with van der Waals surface area (Å²) < 4.78 is 63.9. The second-order valence-electron chi connectivity index (χ2n) is 11.6. The van der Waals surface area contributed by atoms with Crippen LogP contribution in [0.2, 0.25) is 5.02 Å². The Morgan fingerprint density at radius 2 is 1.77 bits per heavy atom. The quantitative estimate of drug-likeness (QED) is 0.277. The third-order valence-corrected chi connectivity index (χ3v) is 10.1. The molecule has 47 heavy (non-hydrogen) atoms. The molecule has 0 radical (unpaired) electrons. The number of piperidine rings is 1. The minimum atomic E-state index is -3.41. The van der Waals surface area contributed by atoms with Crippen LogP contribution in [0.5, 0.6) is 0 Å². The Bertz CT molecular complexity index is 1930. The Morgan fingerprint density at radius 1 is 1.09 bits per heavy atom. The highest BCUT2D eigenvalue weighted by Gasteiger charge is 2.31. The number of likely N-dealkylation sites (tertiary alicyclic amines) is 1. The Hall–Kier alpha value is -3.68. The molecule has 2 aliphatic heterocycles. The Morgan fingerprint density at radius 3 is 2.40 bits per heavy atom. The van der Waals surface area contributed by atoms with Crippen LogP contribution in [0, 0.1) is 12.4 Å². The van der Waals surface area contributed by atoms with Crippen LogP contribution < -0.4 is 5.69 Å². The molecule has 6 rings (SSSR count). The van der Waals surface area contributed by atoms with Gasteiger partial charge >= 0.3 is 5.69 Å². The van der Waals surface area contributed by atoms with Crippen LogP contribution in [0.3, 0.4) is 0 Å². The molecule has 2 aromatic heterocycles. The summed E-state index contributed by atoms with van der Waals surface area (Å²) in [4.78, 5) is 18.9. The van der Waals surface area contributed by atoms with E-state index < -0.39 is 23.1 Å². The predicted molar refractivity (Wildman–Crippen MR) is 172 cm³/mol. The van der Waals surface area contributed by atoms with E-state index in [4.69, 9.17) is 23.3 Å². The molecule has 0 aliphatic carbocycles. The fourth-order valence-corrected chi connectivity index (χ4v) is 7.42. The van der Waals surface area contributed by atoms with Crippen LogP contribution in [-0.4, -0.2) is 87.1 Å². The molecule has 0 bridgehead atoms. The van der Waals surface area contributed by atoms with E-state index in [1.807, 2.05) is 0 Å². The minimum Gasteiger partial charge on any atom is -0.390 e. The van der Waals surface area contributed by atoms with E-state index in [-0.39, 0.29) is 37.3 Å². The lowest BCUT2D eigenvalue weighted by molar-refractivity contribution is 0.0762. The van der Waals surface area contributed by atoms with E-state index in [0.717, 1.165) is 16.8 Å². The van der Waals surface area contributed by atoms with Crippen LogP contribution in [-0.2, 0) is 36.2 Å². The molecule has 1 unspecified atom stereocenters. The number of fused-ring (bicyclic) bond motifs is 2. The van der Waals surface area contributed by atoms with Gasteiger partial charge in [0.1, 0.15) is 5.82 Å². The fourth-order valence-electron chi connectivity index (χ4n) is 6.47. The van der Waals surface area contributed by atoms with Gasteiger partial charge in [0.05, 0.1) is 35.6 Å². The Labute approximate surface area is 275 Å². The highest BCUT2D eigenvalue weighted by atomic mass is 35.5. The number of nitrogens with zero attached hydrogens (tertiary/aromatic N) is 7. The van der Waals surface area contributed by atoms with Crippen molar-refractivity contribution < 1.29 is 26.7 Å². The molecule has 11 nitrogen and oxygen atoms in total. The second-order valence-corrected chi connectivity index (χ2v) is 14.0. The van der Waals surface area contributed by atoms with Gasteiger partial charge in [-0.15, -0.1) is 0 Å². The number of benzene rings is 2. The number of halogens is 4. The van der Waals surface area contributed by atoms with E-state index >= 15 is 0 Å². The first-order valence-corrected chi connectivity index (χ1v) is 17.2. The zero-order valence-corrected chi connectivity index (χ0v) is 27.3. The van der Waals surface area contributed by atoms with Crippen LogP contribution in [0.1, 0.15) is 30.1 Å². The molecule has 4 heterocycles. The molecular weight excluding hydrogens is 659 g/mol. The van der Waals surface area contributed by atoms with Gasteiger partial charge in [-0.3, -0.25) is 14.1 Å². The summed E-state index contributed by atoms with van der Waals surface area (Å²) >= 11 is 6.26. The SMILES string of the molecule is FCF.[C-]#[N+]Cn1c(=O)n(C2CCN(CC(O)Cn3nc(-c4ccc(F)cc4)c4c3CCN(S(C)(=O)=O)C4)CC2)c2cc(Cl)ccc21. The van der Waals surface area contributed by atoms with Crippen molar-refractivity contribution in [3.05, 3.63) is 86.5 Å². The van der Waals surface area contributed by atoms with Gasteiger partial charge in [-0.05, 0) is 55.3 Å². The molecule has 1 fully saturated rings. The van der Waals surface area contributed by atoms with Gasteiger partial charge < -0.3 is 10.0 Å². The van der Waals surface area contributed by atoms with Crippen molar-refractivity contribution in [2.75, 3.05) is 39.4 Å². The minimum absolute atomic E-state index is 0.0543. The molecule has 0 amide bonds. The fraction of sp³-hybridized carbons (Fsp3) is 0.452. The van der Waals surface area contributed by atoms with E-state index in [2.05, 4.69) is 9.74 Å². The van der Waals surface area contributed by atoms with Crippen molar-refractivity contribution in [2.24, 2.45) is 0 Å². The third kappa shape index (κ3) is 7.57.